The topological polar surface area (TPSA) is 93.5 Å². The Balaban J connectivity index is 1.34. The number of nitrogens with one attached hydrogen (secondary N) is 1. The highest BCUT2D eigenvalue weighted by Gasteiger charge is 2.26. The van der Waals surface area contributed by atoms with Crippen molar-refractivity contribution < 1.29 is 14.3 Å². The van der Waals surface area contributed by atoms with E-state index in [1.165, 1.54) is 6.07 Å². The van der Waals surface area contributed by atoms with E-state index in [9.17, 15) is 14.4 Å². The van der Waals surface area contributed by atoms with Gasteiger partial charge in [-0.15, -0.1) is 0 Å². The van der Waals surface area contributed by atoms with Gasteiger partial charge in [-0.2, -0.15) is 5.10 Å². The Morgan fingerprint density at radius 2 is 1.65 bits per heavy atom. The van der Waals surface area contributed by atoms with Crippen molar-refractivity contribution in [2.24, 2.45) is 0 Å². The van der Waals surface area contributed by atoms with E-state index in [1.807, 2.05) is 61.2 Å². The van der Waals surface area contributed by atoms with Crippen molar-refractivity contribution in [2.75, 3.05) is 13.1 Å². The van der Waals surface area contributed by atoms with E-state index in [2.05, 4.69) is 10.4 Å². The summed E-state index contributed by atoms with van der Waals surface area (Å²) in [5.41, 5.74) is 2.60. The molecule has 1 aromatic heterocycles. The molecule has 1 fully saturated rings. The van der Waals surface area contributed by atoms with Crippen LogP contribution in [0.2, 0.25) is 0 Å². The third-order valence-corrected chi connectivity index (χ3v) is 5.63. The summed E-state index contributed by atoms with van der Waals surface area (Å²) in [5.74, 6) is -0.349. The number of benzene rings is 2. The predicted octanol–water partition coefficient (Wildman–Crippen LogP) is 2.48. The van der Waals surface area contributed by atoms with Gasteiger partial charge in [0.05, 0.1) is 17.9 Å². The molecule has 0 saturated carbocycles. The molecule has 2 amide bonds. The molecule has 1 N–H and O–H groups in total. The summed E-state index contributed by atoms with van der Waals surface area (Å²) >= 11 is 0. The zero-order valence-electron chi connectivity index (χ0n) is 19.3. The van der Waals surface area contributed by atoms with Crippen molar-refractivity contribution in [3.8, 4) is 11.3 Å². The maximum Gasteiger partial charge on any atom is 0.267 e. The van der Waals surface area contributed by atoms with Crippen molar-refractivity contribution in [1.82, 2.24) is 20.0 Å². The third-order valence-electron chi connectivity index (χ3n) is 5.63. The lowest BCUT2D eigenvalue weighted by molar-refractivity contribution is -0.122. The van der Waals surface area contributed by atoms with E-state index < -0.39 is 0 Å². The van der Waals surface area contributed by atoms with Gasteiger partial charge in [-0.3, -0.25) is 14.4 Å². The molecular weight excluding hydrogens is 432 g/mol. The Morgan fingerprint density at radius 3 is 2.32 bits per heavy atom. The monoisotopic (exact) mass is 460 g/mol. The van der Waals surface area contributed by atoms with Gasteiger partial charge in [0.1, 0.15) is 6.54 Å². The average Bonchev–Trinajstić information content (AvgIpc) is 2.84. The van der Waals surface area contributed by atoms with E-state index in [0.29, 0.717) is 24.3 Å². The van der Waals surface area contributed by atoms with Gasteiger partial charge in [0.2, 0.25) is 5.91 Å². The number of nitrogens with zero attached hydrogens (tertiary/aromatic N) is 3. The van der Waals surface area contributed by atoms with E-state index in [1.54, 1.807) is 18.2 Å². The second kappa shape index (κ2) is 10.4. The second-order valence-corrected chi connectivity index (χ2v) is 8.52. The maximum absolute atomic E-state index is 12.8. The van der Waals surface area contributed by atoms with Gasteiger partial charge >= 0.3 is 0 Å². The van der Waals surface area contributed by atoms with Gasteiger partial charge in [0.15, 0.2) is 0 Å². The summed E-state index contributed by atoms with van der Waals surface area (Å²) in [4.78, 5) is 39.2. The van der Waals surface area contributed by atoms with Crippen LogP contribution < -0.4 is 10.9 Å². The first-order valence-corrected chi connectivity index (χ1v) is 11.3. The van der Waals surface area contributed by atoms with Crippen LogP contribution in [0.5, 0.6) is 0 Å². The number of aromatic nitrogens is 2. The third kappa shape index (κ3) is 5.77. The number of ether oxygens (including phenoxy) is 1. The van der Waals surface area contributed by atoms with Crippen molar-refractivity contribution >= 4 is 11.8 Å². The smallest absolute Gasteiger partial charge is 0.267 e. The van der Waals surface area contributed by atoms with Crippen LogP contribution in [0.15, 0.2) is 71.5 Å². The fourth-order valence-electron chi connectivity index (χ4n) is 4.01. The molecule has 1 aliphatic rings. The number of hydrogen-bond acceptors (Lipinski definition) is 5. The van der Waals surface area contributed by atoms with Gasteiger partial charge in [0.25, 0.3) is 11.5 Å². The van der Waals surface area contributed by atoms with Crippen molar-refractivity contribution in [3.63, 3.8) is 0 Å². The summed E-state index contributed by atoms with van der Waals surface area (Å²) in [6, 6.07) is 19.7. The number of amides is 2. The normalized spacial score (nSPS) is 17.9. The fraction of sp³-hybridized carbons (Fsp3) is 0.308. The molecule has 8 heteroatoms. The SMILES string of the molecule is CC1CN(C(=O)c2ccc(CNC(=O)Cn3nc(-c4ccccc4)ccc3=O)cc2)CC(C)O1. The quantitative estimate of drug-likeness (QED) is 0.610. The minimum Gasteiger partial charge on any atom is -0.372 e. The lowest BCUT2D eigenvalue weighted by Gasteiger charge is -2.35. The molecule has 176 valence electrons. The lowest BCUT2D eigenvalue weighted by atomic mass is 10.1. The molecular formula is C26H28N4O4. The Hall–Kier alpha value is -3.78. The van der Waals surface area contributed by atoms with Crippen LogP contribution in [0.25, 0.3) is 11.3 Å². The summed E-state index contributed by atoms with van der Waals surface area (Å²) in [6.45, 7) is 5.17. The van der Waals surface area contributed by atoms with Crippen molar-refractivity contribution in [3.05, 3.63) is 88.2 Å². The standard InChI is InChI=1S/C26H28N4O4/c1-18-15-29(16-19(2)34-18)26(33)22-10-8-20(9-11-22)14-27-24(31)17-30-25(32)13-12-23(28-30)21-6-4-3-5-7-21/h3-13,18-19H,14-17H2,1-2H3,(H,27,31). The van der Waals surface area contributed by atoms with E-state index in [-0.39, 0.29) is 42.7 Å². The maximum atomic E-state index is 12.8. The number of carbonyl (C=O) groups is 2. The zero-order chi connectivity index (χ0) is 24.1. The number of morpholine rings is 1. The first kappa shape index (κ1) is 23.4. The van der Waals surface area contributed by atoms with Crippen LogP contribution >= 0.6 is 0 Å². The molecule has 0 aliphatic carbocycles. The Bertz CT molecular complexity index is 1200. The van der Waals surface area contributed by atoms with Gasteiger partial charge in [-0.05, 0) is 37.6 Å². The molecule has 1 aliphatic heterocycles. The molecule has 4 rings (SSSR count). The van der Waals surface area contributed by atoms with Gasteiger partial charge < -0.3 is 15.0 Å². The molecule has 2 aromatic carbocycles. The minimum absolute atomic E-state index is 0.0116. The summed E-state index contributed by atoms with van der Waals surface area (Å²) in [6.07, 6.45) is 0.0233. The number of rotatable bonds is 6. The molecule has 2 heterocycles. The molecule has 34 heavy (non-hydrogen) atoms. The first-order valence-electron chi connectivity index (χ1n) is 11.3. The lowest BCUT2D eigenvalue weighted by Crippen LogP contribution is -2.48. The number of carbonyl (C=O) groups excluding carboxylic acids is 2. The zero-order valence-corrected chi connectivity index (χ0v) is 19.3. The van der Waals surface area contributed by atoms with Gasteiger partial charge in [-0.1, -0.05) is 42.5 Å². The Labute approximate surface area is 198 Å². The highest BCUT2D eigenvalue weighted by Crippen LogP contribution is 2.16. The van der Waals surface area contributed by atoms with E-state index >= 15 is 0 Å². The second-order valence-electron chi connectivity index (χ2n) is 8.52. The van der Waals surface area contributed by atoms with Crippen LogP contribution in [-0.2, 0) is 22.6 Å². The average molecular weight is 461 g/mol. The van der Waals surface area contributed by atoms with Gasteiger partial charge in [0, 0.05) is 36.8 Å². The van der Waals surface area contributed by atoms with Crippen molar-refractivity contribution in [2.45, 2.75) is 39.1 Å². The first-order chi connectivity index (χ1) is 16.4. The summed E-state index contributed by atoms with van der Waals surface area (Å²) in [5, 5.41) is 7.12. The molecule has 0 bridgehead atoms. The van der Waals surface area contributed by atoms with Crippen LogP contribution in [0.1, 0.15) is 29.8 Å². The van der Waals surface area contributed by atoms with Crippen LogP contribution in [0.4, 0.5) is 0 Å². The highest BCUT2D eigenvalue weighted by molar-refractivity contribution is 5.94. The number of hydrogen-bond donors (Lipinski definition) is 1. The predicted molar refractivity (Wildman–Crippen MR) is 128 cm³/mol. The summed E-state index contributed by atoms with van der Waals surface area (Å²) in [7, 11) is 0. The molecule has 2 atom stereocenters. The minimum atomic E-state index is -0.343. The molecule has 0 radical (unpaired) electrons. The molecule has 2 unspecified atom stereocenters. The highest BCUT2D eigenvalue weighted by atomic mass is 16.5. The Kier molecular flexibility index (Phi) is 7.18. The van der Waals surface area contributed by atoms with E-state index in [4.69, 9.17) is 4.74 Å². The van der Waals surface area contributed by atoms with Crippen LogP contribution in [0.3, 0.4) is 0 Å². The van der Waals surface area contributed by atoms with Crippen molar-refractivity contribution in [1.29, 1.82) is 0 Å². The molecule has 0 spiro atoms. The van der Waals surface area contributed by atoms with Gasteiger partial charge in [-0.25, -0.2) is 4.68 Å². The Morgan fingerprint density at radius 1 is 0.971 bits per heavy atom. The largest absolute Gasteiger partial charge is 0.372 e. The molecule has 8 nitrogen and oxygen atoms in total. The molecule has 3 aromatic rings. The van der Waals surface area contributed by atoms with E-state index in [0.717, 1.165) is 15.8 Å². The summed E-state index contributed by atoms with van der Waals surface area (Å²) < 4.78 is 6.85. The fourth-order valence-corrected chi connectivity index (χ4v) is 4.01. The van der Waals surface area contributed by atoms with Crippen LogP contribution in [0, 0.1) is 0 Å². The molecule has 1 saturated heterocycles. The van der Waals surface area contributed by atoms with Crippen LogP contribution in [-0.4, -0.2) is 51.8 Å².